The molecule has 0 spiro atoms. The van der Waals surface area contributed by atoms with E-state index < -0.39 is 0 Å². The van der Waals surface area contributed by atoms with Gasteiger partial charge in [0, 0.05) is 22.9 Å². The van der Waals surface area contributed by atoms with E-state index >= 15 is 0 Å². The molecule has 0 aliphatic rings. The molecule has 18 heavy (non-hydrogen) atoms. The fraction of sp³-hybridized carbons (Fsp3) is 0.0833. The molecule has 0 bridgehead atoms. The molecule has 0 aliphatic carbocycles. The maximum atomic E-state index is 11.2. The number of nitrogens with zero attached hydrogens (tertiary/aromatic N) is 3. The number of fused-ring (bicyclic) bond motifs is 1. The van der Waals surface area contributed by atoms with Gasteiger partial charge in [0.2, 0.25) is 5.69 Å². The molecule has 2 aromatic carbocycles. The Morgan fingerprint density at radius 3 is 2.39 bits per heavy atom. The second-order valence-electron chi connectivity index (χ2n) is 3.85. The van der Waals surface area contributed by atoms with Gasteiger partial charge in [-0.05, 0) is 28.9 Å². The second kappa shape index (κ2) is 4.33. The molecule has 2 aromatic rings. The highest BCUT2D eigenvalue weighted by Crippen LogP contribution is 2.38. The van der Waals surface area contributed by atoms with Crippen LogP contribution >= 0.6 is 0 Å². The van der Waals surface area contributed by atoms with E-state index in [2.05, 4.69) is 17.1 Å². The fourth-order valence-electron chi connectivity index (χ4n) is 1.90. The third kappa shape index (κ3) is 1.73. The van der Waals surface area contributed by atoms with Gasteiger partial charge < -0.3 is 5.21 Å². The molecular formula is C12H9N3O3. The summed E-state index contributed by atoms with van der Waals surface area (Å²) in [6.45, 7) is 4.98. The van der Waals surface area contributed by atoms with E-state index in [1.54, 1.807) is 13.0 Å². The molecule has 0 radical (unpaired) electrons. The first-order valence-corrected chi connectivity index (χ1v) is 5.10. The summed E-state index contributed by atoms with van der Waals surface area (Å²) >= 11 is 0. The molecule has 0 N–H and O–H groups in total. The van der Waals surface area contributed by atoms with Gasteiger partial charge in [-0.1, -0.05) is 6.07 Å². The summed E-state index contributed by atoms with van der Waals surface area (Å²) in [5.41, 5.74) is 1.17. The van der Waals surface area contributed by atoms with Crippen LogP contribution in [0.5, 0.6) is 0 Å². The van der Waals surface area contributed by atoms with Crippen molar-refractivity contribution in [2.24, 2.45) is 10.4 Å². The summed E-state index contributed by atoms with van der Waals surface area (Å²) in [5, 5.41) is 17.9. The first-order valence-electron chi connectivity index (χ1n) is 5.10. The largest absolute Gasteiger partial charge is 0.619 e. The molecule has 0 aromatic heterocycles. The van der Waals surface area contributed by atoms with Gasteiger partial charge in [-0.3, -0.25) is 0 Å². The number of hydrogen-bond acceptors (Lipinski definition) is 5. The number of rotatable bonds is 3. The predicted octanol–water partition coefficient (Wildman–Crippen LogP) is 3.79. The van der Waals surface area contributed by atoms with E-state index in [0.29, 0.717) is 15.5 Å². The summed E-state index contributed by atoms with van der Waals surface area (Å²) in [6, 6.07) is 6.00. The molecule has 6 heteroatoms. The van der Waals surface area contributed by atoms with Crippen LogP contribution < -0.4 is 0 Å². The van der Waals surface area contributed by atoms with Gasteiger partial charge in [-0.2, -0.15) is 4.74 Å². The van der Waals surface area contributed by atoms with E-state index in [1.807, 2.05) is 0 Å². The number of nitroso groups, excluding NO2 is 2. The number of benzene rings is 2. The minimum atomic E-state index is 0.0926. The lowest BCUT2D eigenvalue weighted by molar-refractivity contribution is -0.349. The average Bonchev–Trinajstić information content (AvgIpc) is 2.37. The summed E-state index contributed by atoms with van der Waals surface area (Å²) in [7, 11) is 0. The van der Waals surface area contributed by atoms with Crippen molar-refractivity contribution in [1.82, 2.24) is 0 Å². The van der Waals surface area contributed by atoms with Crippen molar-refractivity contribution >= 4 is 34.6 Å². The van der Waals surface area contributed by atoms with Gasteiger partial charge in [-0.25, -0.2) is 0 Å². The Morgan fingerprint density at radius 2 is 1.83 bits per heavy atom. The third-order valence-electron chi connectivity index (χ3n) is 2.75. The molecular weight excluding hydrogens is 234 g/mol. The molecule has 2 rings (SSSR count). The molecule has 0 saturated heterocycles. The molecule has 0 atom stereocenters. The molecule has 6 nitrogen and oxygen atoms in total. The van der Waals surface area contributed by atoms with Crippen LogP contribution in [0.2, 0.25) is 0 Å². The first-order chi connectivity index (χ1) is 8.58. The predicted molar refractivity (Wildman–Crippen MR) is 70.0 cm³/mol. The standard InChI is InChI=1S/C12H9N3O3/c1-7-3-4-10(13-16)9-5-8(15(2)18)6-11(14-17)12(7)9/h3-6H,2H2,1H3. The Labute approximate surface area is 102 Å². The van der Waals surface area contributed by atoms with Crippen LogP contribution in [0.15, 0.2) is 34.6 Å². The van der Waals surface area contributed by atoms with Crippen LogP contribution in [0.1, 0.15) is 5.56 Å². The smallest absolute Gasteiger partial charge is 0.218 e. The monoisotopic (exact) mass is 243 g/mol. The lowest BCUT2D eigenvalue weighted by atomic mass is 10.0. The van der Waals surface area contributed by atoms with Gasteiger partial charge in [0.05, 0.1) is 0 Å². The zero-order valence-corrected chi connectivity index (χ0v) is 9.58. The maximum Gasteiger partial charge on any atom is 0.218 e. The summed E-state index contributed by atoms with van der Waals surface area (Å²) < 4.78 is 0.352. The van der Waals surface area contributed by atoms with Crippen LogP contribution in [0.3, 0.4) is 0 Å². The zero-order chi connectivity index (χ0) is 13.3. The highest BCUT2D eigenvalue weighted by atomic mass is 16.5. The van der Waals surface area contributed by atoms with Crippen molar-refractivity contribution in [3.05, 3.63) is 44.9 Å². The fourth-order valence-corrected chi connectivity index (χ4v) is 1.90. The lowest BCUT2D eigenvalue weighted by Crippen LogP contribution is -1.90. The highest BCUT2D eigenvalue weighted by molar-refractivity contribution is 6.03. The van der Waals surface area contributed by atoms with Crippen molar-refractivity contribution in [2.45, 2.75) is 6.92 Å². The number of hydrogen-bond donors (Lipinski definition) is 0. The quantitative estimate of drug-likeness (QED) is 0.270. The van der Waals surface area contributed by atoms with Crippen molar-refractivity contribution in [1.29, 1.82) is 0 Å². The SMILES string of the molecule is C=[N+]([O-])c1cc(N=O)c2c(C)ccc(N=O)c2c1. The molecule has 90 valence electrons. The van der Waals surface area contributed by atoms with Gasteiger partial charge in [0.1, 0.15) is 18.1 Å². The average molecular weight is 243 g/mol. The molecule has 0 heterocycles. The molecule has 0 fully saturated rings. The van der Waals surface area contributed by atoms with E-state index in [4.69, 9.17) is 0 Å². The molecule has 0 amide bonds. The molecule has 0 saturated carbocycles. The van der Waals surface area contributed by atoms with E-state index in [9.17, 15) is 15.0 Å². The Hall–Kier alpha value is -2.63. The maximum absolute atomic E-state index is 11.2. The summed E-state index contributed by atoms with van der Waals surface area (Å²) in [4.78, 5) is 21.6. The van der Waals surface area contributed by atoms with E-state index in [0.717, 1.165) is 5.56 Å². The van der Waals surface area contributed by atoms with Crippen LogP contribution in [0.4, 0.5) is 17.1 Å². The minimum absolute atomic E-state index is 0.0926. The van der Waals surface area contributed by atoms with Gasteiger partial charge in [0.25, 0.3) is 0 Å². The van der Waals surface area contributed by atoms with Crippen LogP contribution in [0, 0.1) is 21.9 Å². The van der Waals surface area contributed by atoms with E-state index in [1.165, 1.54) is 18.2 Å². The third-order valence-corrected chi connectivity index (χ3v) is 2.75. The topological polar surface area (TPSA) is 84.9 Å². The van der Waals surface area contributed by atoms with Crippen LogP contribution in [0.25, 0.3) is 10.8 Å². The lowest BCUT2D eigenvalue weighted by Gasteiger charge is -2.08. The van der Waals surface area contributed by atoms with Crippen molar-refractivity contribution in [3.8, 4) is 0 Å². The van der Waals surface area contributed by atoms with Crippen LogP contribution in [-0.2, 0) is 0 Å². The Kier molecular flexibility index (Phi) is 2.85. The van der Waals surface area contributed by atoms with Gasteiger partial charge >= 0.3 is 0 Å². The Bertz CT molecular complexity index is 680. The van der Waals surface area contributed by atoms with E-state index in [-0.39, 0.29) is 17.1 Å². The van der Waals surface area contributed by atoms with Gasteiger partial charge in [-0.15, -0.1) is 9.81 Å². The first kappa shape index (κ1) is 11.8. The summed E-state index contributed by atoms with van der Waals surface area (Å²) in [6.07, 6.45) is 0. The number of aryl methyl sites for hydroxylation is 1. The molecule has 0 aliphatic heterocycles. The second-order valence-corrected chi connectivity index (χ2v) is 3.85. The Morgan fingerprint density at radius 1 is 1.17 bits per heavy atom. The Balaban J connectivity index is 2.99. The normalized spacial score (nSPS) is 10.3. The van der Waals surface area contributed by atoms with Crippen molar-refractivity contribution in [3.63, 3.8) is 0 Å². The van der Waals surface area contributed by atoms with Crippen molar-refractivity contribution in [2.75, 3.05) is 0 Å². The zero-order valence-electron chi connectivity index (χ0n) is 9.58. The summed E-state index contributed by atoms with van der Waals surface area (Å²) in [5.74, 6) is 0. The molecule has 0 unspecified atom stereocenters. The minimum Gasteiger partial charge on any atom is -0.619 e. The van der Waals surface area contributed by atoms with Crippen molar-refractivity contribution < 1.29 is 4.74 Å². The van der Waals surface area contributed by atoms with Gasteiger partial charge in [0.15, 0.2) is 0 Å². The highest BCUT2D eigenvalue weighted by Gasteiger charge is 2.14. The van der Waals surface area contributed by atoms with Crippen LogP contribution in [-0.4, -0.2) is 11.5 Å².